The van der Waals surface area contributed by atoms with Gasteiger partial charge >= 0.3 is 5.97 Å². The Bertz CT molecular complexity index is 308. The number of aliphatic hydroxyl groups is 1. The van der Waals surface area contributed by atoms with Gasteiger partial charge in [-0.05, 0) is 5.92 Å². The van der Waals surface area contributed by atoms with Crippen LogP contribution in [0.25, 0.3) is 0 Å². The smallest absolute Gasteiger partial charge is 0.326 e. The largest absolute Gasteiger partial charge is 0.480 e. The molecule has 1 fully saturated rings. The van der Waals surface area contributed by atoms with Crippen LogP contribution in [0, 0.1) is 5.92 Å². The molecule has 98 valence electrons. The van der Waals surface area contributed by atoms with Gasteiger partial charge in [0.05, 0.1) is 12.1 Å². The van der Waals surface area contributed by atoms with E-state index in [1.807, 2.05) is 13.8 Å². The molecule has 0 spiro atoms. The number of carboxylic acid groups (broad SMARTS) is 1. The number of hydrogen-bond donors (Lipinski definition) is 3. The van der Waals surface area contributed by atoms with Crippen molar-refractivity contribution in [2.45, 2.75) is 44.9 Å². The van der Waals surface area contributed by atoms with Gasteiger partial charge in [-0.25, -0.2) is 4.79 Å². The van der Waals surface area contributed by atoms with Crippen LogP contribution in [0.5, 0.6) is 0 Å². The van der Waals surface area contributed by atoms with E-state index in [1.165, 1.54) is 4.90 Å². The fourth-order valence-electron chi connectivity index (χ4n) is 1.98. The van der Waals surface area contributed by atoms with E-state index in [0.29, 0.717) is 0 Å². The molecule has 0 bridgehead atoms. The van der Waals surface area contributed by atoms with Crippen LogP contribution in [0.15, 0.2) is 0 Å². The molecule has 3 unspecified atom stereocenters. The minimum Gasteiger partial charge on any atom is -0.480 e. The van der Waals surface area contributed by atoms with E-state index in [4.69, 9.17) is 10.8 Å². The summed E-state index contributed by atoms with van der Waals surface area (Å²) in [6, 6.07) is -1.65. The van der Waals surface area contributed by atoms with Crippen LogP contribution >= 0.6 is 0 Å². The zero-order chi connectivity index (χ0) is 13.2. The normalized spacial score (nSPS) is 27.9. The predicted octanol–water partition coefficient (Wildman–Crippen LogP) is -0.594. The van der Waals surface area contributed by atoms with Crippen LogP contribution in [0.3, 0.4) is 0 Å². The monoisotopic (exact) mass is 244 g/mol. The van der Waals surface area contributed by atoms with Gasteiger partial charge in [0.2, 0.25) is 5.91 Å². The molecule has 6 nitrogen and oxygen atoms in total. The number of carboxylic acids is 1. The standard InChI is InChI=1S/C11H20N2O4/c1-3-6(2)9(12)10(15)13-5-7(14)4-8(13)11(16)17/h6-9,14H,3-5,12H2,1-2H3,(H,16,17)/t6?,7?,8?,9-/m0/s1. The number of β-amino-alcohol motifs (C(OH)–C–C–N with tert-alkyl or cyclic N) is 1. The van der Waals surface area contributed by atoms with Gasteiger partial charge in [0.15, 0.2) is 0 Å². The first-order valence-corrected chi connectivity index (χ1v) is 5.85. The molecule has 0 aromatic heterocycles. The van der Waals surface area contributed by atoms with E-state index in [1.54, 1.807) is 0 Å². The Balaban J connectivity index is 2.77. The number of nitrogens with zero attached hydrogens (tertiary/aromatic N) is 1. The lowest BCUT2D eigenvalue weighted by Gasteiger charge is -2.27. The van der Waals surface area contributed by atoms with Crippen molar-refractivity contribution in [1.82, 2.24) is 4.90 Å². The summed E-state index contributed by atoms with van der Waals surface area (Å²) in [5.74, 6) is -1.48. The van der Waals surface area contributed by atoms with E-state index in [-0.39, 0.29) is 24.8 Å². The van der Waals surface area contributed by atoms with Gasteiger partial charge in [0, 0.05) is 13.0 Å². The third-order valence-electron chi connectivity index (χ3n) is 3.39. The van der Waals surface area contributed by atoms with E-state index in [2.05, 4.69) is 0 Å². The van der Waals surface area contributed by atoms with E-state index in [0.717, 1.165) is 6.42 Å². The molecule has 0 aromatic carbocycles. The van der Waals surface area contributed by atoms with Crippen molar-refractivity contribution in [2.75, 3.05) is 6.54 Å². The fraction of sp³-hybridized carbons (Fsp3) is 0.818. The molecule has 1 amide bonds. The number of aliphatic carboxylic acids is 1. The van der Waals surface area contributed by atoms with E-state index >= 15 is 0 Å². The number of aliphatic hydroxyl groups excluding tert-OH is 1. The van der Waals surface area contributed by atoms with Gasteiger partial charge in [-0.2, -0.15) is 0 Å². The second-order valence-corrected chi connectivity index (χ2v) is 4.65. The topological polar surface area (TPSA) is 104 Å². The molecule has 1 saturated heterocycles. The third-order valence-corrected chi connectivity index (χ3v) is 3.39. The fourth-order valence-corrected chi connectivity index (χ4v) is 1.98. The second kappa shape index (κ2) is 5.46. The lowest BCUT2D eigenvalue weighted by Crippen LogP contribution is -2.50. The number of nitrogens with two attached hydrogens (primary N) is 1. The summed E-state index contributed by atoms with van der Waals surface area (Å²) < 4.78 is 0. The molecule has 6 heteroatoms. The van der Waals surface area contributed by atoms with Gasteiger partial charge in [-0.1, -0.05) is 20.3 Å². The van der Waals surface area contributed by atoms with Crippen LogP contribution in [-0.2, 0) is 9.59 Å². The van der Waals surface area contributed by atoms with Gasteiger partial charge in [0.1, 0.15) is 6.04 Å². The first kappa shape index (κ1) is 13.9. The molecule has 1 aliphatic rings. The van der Waals surface area contributed by atoms with Crippen LogP contribution in [-0.4, -0.2) is 51.7 Å². The highest BCUT2D eigenvalue weighted by molar-refractivity contribution is 5.87. The number of carbonyl (C=O) groups is 2. The van der Waals surface area contributed by atoms with Crippen LogP contribution in [0.1, 0.15) is 26.7 Å². The Kier molecular flexibility index (Phi) is 4.47. The summed E-state index contributed by atoms with van der Waals surface area (Å²) in [4.78, 5) is 24.2. The zero-order valence-electron chi connectivity index (χ0n) is 10.2. The number of carbonyl (C=O) groups excluding carboxylic acids is 1. The first-order chi connectivity index (χ1) is 7.88. The minimum atomic E-state index is -1.09. The summed E-state index contributed by atoms with van der Waals surface area (Å²) in [5, 5.41) is 18.4. The molecule has 1 rings (SSSR count). The second-order valence-electron chi connectivity index (χ2n) is 4.65. The third kappa shape index (κ3) is 2.95. The Morgan fingerprint density at radius 1 is 1.53 bits per heavy atom. The zero-order valence-corrected chi connectivity index (χ0v) is 10.2. The Morgan fingerprint density at radius 3 is 2.59 bits per heavy atom. The van der Waals surface area contributed by atoms with E-state index in [9.17, 15) is 14.7 Å². The Labute approximate surface area is 100 Å². The summed E-state index contributed by atoms with van der Waals surface area (Å²) in [7, 11) is 0. The Morgan fingerprint density at radius 2 is 2.12 bits per heavy atom. The highest BCUT2D eigenvalue weighted by Gasteiger charge is 2.41. The first-order valence-electron chi connectivity index (χ1n) is 5.85. The van der Waals surface area contributed by atoms with Gasteiger partial charge in [-0.15, -0.1) is 0 Å². The van der Waals surface area contributed by atoms with Crippen LogP contribution < -0.4 is 5.73 Å². The minimum absolute atomic E-state index is 0.00492. The van der Waals surface area contributed by atoms with Gasteiger partial charge in [-0.3, -0.25) is 4.79 Å². The molecule has 17 heavy (non-hydrogen) atoms. The summed E-state index contributed by atoms with van der Waals surface area (Å²) >= 11 is 0. The molecule has 0 radical (unpaired) electrons. The van der Waals surface area contributed by atoms with Gasteiger partial charge < -0.3 is 20.8 Å². The van der Waals surface area contributed by atoms with E-state index < -0.39 is 24.2 Å². The van der Waals surface area contributed by atoms with Crippen molar-refractivity contribution in [3.8, 4) is 0 Å². The van der Waals surface area contributed by atoms with Crippen molar-refractivity contribution in [1.29, 1.82) is 0 Å². The van der Waals surface area contributed by atoms with Crippen molar-refractivity contribution >= 4 is 11.9 Å². The molecule has 1 heterocycles. The average Bonchev–Trinajstić information content (AvgIpc) is 2.68. The summed E-state index contributed by atoms with van der Waals surface area (Å²) in [6.45, 7) is 3.83. The average molecular weight is 244 g/mol. The molecule has 0 saturated carbocycles. The van der Waals surface area contributed by atoms with Crippen molar-refractivity contribution in [3.63, 3.8) is 0 Å². The molecule has 4 N–H and O–H groups in total. The molecular weight excluding hydrogens is 224 g/mol. The van der Waals surface area contributed by atoms with Crippen molar-refractivity contribution < 1.29 is 19.8 Å². The highest BCUT2D eigenvalue weighted by atomic mass is 16.4. The SMILES string of the molecule is CCC(C)[C@H](N)C(=O)N1CC(O)CC1C(=O)O. The number of rotatable bonds is 4. The van der Waals surface area contributed by atoms with Crippen LogP contribution in [0.4, 0.5) is 0 Å². The maximum atomic E-state index is 12.0. The van der Waals surface area contributed by atoms with Crippen molar-refractivity contribution in [2.24, 2.45) is 11.7 Å². The number of likely N-dealkylation sites (tertiary alicyclic amines) is 1. The molecule has 0 aromatic rings. The highest BCUT2D eigenvalue weighted by Crippen LogP contribution is 2.20. The summed E-state index contributed by atoms with van der Waals surface area (Å²) in [6.07, 6.45) is 0.0548. The molecule has 0 aliphatic carbocycles. The number of hydrogen-bond acceptors (Lipinski definition) is 4. The molecular formula is C11H20N2O4. The molecule has 1 aliphatic heterocycles. The maximum absolute atomic E-state index is 12.0. The Hall–Kier alpha value is -1.14. The van der Waals surface area contributed by atoms with Gasteiger partial charge in [0.25, 0.3) is 0 Å². The van der Waals surface area contributed by atoms with Crippen LogP contribution in [0.2, 0.25) is 0 Å². The lowest BCUT2D eigenvalue weighted by atomic mass is 9.98. The quantitative estimate of drug-likeness (QED) is 0.613. The maximum Gasteiger partial charge on any atom is 0.326 e. The summed E-state index contributed by atoms with van der Waals surface area (Å²) in [5.41, 5.74) is 5.79. The lowest BCUT2D eigenvalue weighted by molar-refractivity contribution is -0.149. The predicted molar refractivity (Wildman–Crippen MR) is 61.2 cm³/mol. The van der Waals surface area contributed by atoms with Crippen molar-refractivity contribution in [3.05, 3.63) is 0 Å². The number of amides is 1. The molecule has 4 atom stereocenters.